The van der Waals surface area contributed by atoms with Crippen LogP contribution in [0.25, 0.3) is 21.3 Å². The van der Waals surface area contributed by atoms with Gasteiger partial charge in [-0.05, 0) is 60.6 Å². The van der Waals surface area contributed by atoms with E-state index in [1.165, 1.54) is 27.8 Å². The number of thiophene rings is 1. The molecule has 1 aromatic carbocycles. The van der Waals surface area contributed by atoms with Crippen LogP contribution in [0.15, 0.2) is 47.0 Å². The maximum absolute atomic E-state index is 13.7. The van der Waals surface area contributed by atoms with Gasteiger partial charge in [-0.2, -0.15) is 0 Å². The van der Waals surface area contributed by atoms with Crippen molar-refractivity contribution in [2.24, 2.45) is 16.9 Å². The van der Waals surface area contributed by atoms with Gasteiger partial charge in [0.15, 0.2) is 0 Å². The van der Waals surface area contributed by atoms with Gasteiger partial charge in [-0.3, -0.25) is 10.2 Å². The summed E-state index contributed by atoms with van der Waals surface area (Å²) >= 11 is 1.76. The number of carbonyl (C=O) groups excluding carboxylic acids is 1. The maximum atomic E-state index is 13.7. The number of hydrogen-bond donors (Lipinski definition) is 4. The average Bonchev–Trinajstić information content (AvgIpc) is 3.64. The number of amides is 1. The molecule has 0 radical (unpaired) electrons. The quantitative estimate of drug-likeness (QED) is 0.429. The predicted octanol–water partition coefficient (Wildman–Crippen LogP) is 4.72. The number of likely N-dealkylation sites (tertiary alicyclic amines) is 1. The number of piperidine rings is 1. The van der Waals surface area contributed by atoms with Crippen LogP contribution >= 0.6 is 11.3 Å². The molecule has 1 aliphatic carbocycles. The number of H-pyrrole nitrogens is 1. The molecule has 34 heavy (non-hydrogen) atoms. The monoisotopic (exact) mass is 476 g/mol. The number of amidine groups is 1. The number of hydrazone groups is 1. The van der Waals surface area contributed by atoms with Gasteiger partial charge in [0, 0.05) is 52.5 Å². The van der Waals surface area contributed by atoms with Crippen molar-refractivity contribution in [2.45, 2.75) is 57.4 Å². The minimum Gasteiger partial charge on any atom is -0.361 e. The zero-order valence-electron chi connectivity index (χ0n) is 19.5. The molecular weight excluding hydrogens is 444 g/mol. The molecule has 2 fully saturated rings. The molecule has 0 bridgehead atoms. The second-order valence-corrected chi connectivity index (χ2v) is 10.9. The van der Waals surface area contributed by atoms with Crippen LogP contribution in [0.1, 0.15) is 56.9 Å². The molecule has 4 unspecified atom stereocenters. The molecular formula is C26H32N6OS. The molecule has 178 valence electrons. The average molecular weight is 477 g/mol. The van der Waals surface area contributed by atoms with Crippen LogP contribution in [0.4, 0.5) is 0 Å². The number of aromatic nitrogens is 1. The van der Waals surface area contributed by atoms with Crippen LogP contribution in [0.2, 0.25) is 0 Å². The molecule has 7 nitrogen and oxygen atoms in total. The number of aromatic amines is 1. The summed E-state index contributed by atoms with van der Waals surface area (Å²) in [6.45, 7) is 3.08. The summed E-state index contributed by atoms with van der Waals surface area (Å²) in [5, 5.41) is 7.77. The fraction of sp³-hybridized carbons (Fsp3) is 0.462. The number of carbonyl (C=O) groups is 1. The molecule has 6 rings (SSSR count). The van der Waals surface area contributed by atoms with Gasteiger partial charge in [-0.25, -0.2) is 5.53 Å². The molecule has 4 N–H and O–H groups in total. The number of nitrogens with one attached hydrogen (secondary N) is 4. The lowest BCUT2D eigenvalue weighted by Crippen LogP contribution is -2.54. The Kier molecular flexibility index (Phi) is 5.79. The van der Waals surface area contributed by atoms with Gasteiger partial charge >= 0.3 is 0 Å². The summed E-state index contributed by atoms with van der Waals surface area (Å²) in [6.07, 6.45) is 8.27. The minimum atomic E-state index is 0.149. The van der Waals surface area contributed by atoms with Gasteiger partial charge in [0.1, 0.15) is 5.84 Å². The molecule has 2 aromatic heterocycles. The maximum Gasteiger partial charge on any atom is 0.223 e. The smallest absolute Gasteiger partial charge is 0.223 e. The Balaban J connectivity index is 1.23. The Morgan fingerprint density at radius 3 is 2.97 bits per heavy atom. The molecule has 3 aromatic rings. The lowest BCUT2D eigenvalue weighted by Gasteiger charge is -2.47. The predicted molar refractivity (Wildman–Crippen MR) is 137 cm³/mol. The molecule has 4 heterocycles. The largest absolute Gasteiger partial charge is 0.361 e. The van der Waals surface area contributed by atoms with Gasteiger partial charge in [0.25, 0.3) is 0 Å². The number of fused-ring (bicyclic) bond motifs is 2. The molecule has 4 atom stereocenters. The Bertz CT molecular complexity index is 1200. The third-order valence-electron chi connectivity index (χ3n) is 7.99. The number of benzene rings is 1. The lowest BCUT2D eigenvalue weighted by molar-refractivity contribution is -0.138. The molecule has 1 saturated heterocycles. The van der Waals surface area contributed by atoms with E-state index in [1.807, 2.05) is 0 Å². The minimum absolute atomic E-state index is 0.149. The Labute approximate surface area is 203 Å². The molecule has 1 amide bonds. The molecule has 1 saturated carbocycles. The van der Waals surface area contributed by atoms with Crippen molar-refractivity contribution in [2.75, 3.05) is 6.54 Å². The third kappa shape index (κ3) is 3.79. The fourth-order valence-corrected chi connectivity index (χ4v) is 7.20. The SMILES string of the molecule is CC(CC(=O)N1CCCC2C(C3=NNNN3)CCCC21)c1c[nH]c2cccc(-c3cccs3)c12. The van der Waals surface area contributed by atoms with E-state index in [0.29, 0.717) is 30.2 Å². The highest BCUT2D eigenvalue weighted by molar-refractivity contribution is 7.13. The van der Waals surface area contributed by atoms with E-state index in [4.69, 9.17) is 0 Å². The van der Waals surface area contributed by atoms with Crippen molar-refractivity contribution in [1.82, 2.24) is 26.4 Å². The van der Waals surface area contributed by atoms with Crippen LogP contribution < -0.4 is 16.5 Å². The Morgan fingerprint density at radius 1 is 1.21 bits per heavy atom. The Morgan fingerprint density at radius 2 is 2.15 bits per heavy atom. The van der Waals surface area contributed by atoms with Crippen LogP contribution in [-0.2, 0) is 4.79 Å². The highest BCUT2D eigenvalue weighted by Crippen LogP contribution is 2.41. The summed E-state index contributed by atoms with van der Waals surface area (Å²) < 4.78 is 0. The van der Waals surface area contributed by atoms with Crippen LogP contribution in [0, 0.1) is 11.8 Å². The number of rotatable bonds is 5. The zero-order chi connectivity index (χ0) is 23.1. The number of nitrogens with zero attached hydrogens (tertiary/aromatic N) is 2. The summed E-state index contributed by atoms with van der Waals surface area (Å²) in [5.41, 5.74) is 12.5. The van der Waals surface area contributed by atoms with Gasteiger partial charge in [0.05, 0.1) is 0 Å². The van der Waals surface area contributed by atoms with E-state index in [2.05, 4.69) is 80.3 Å². The third-order valence-corrected chi connectivity index (χ3v) is 8.90. The van der Waals surface area contributed by atoms with Gasteiger partial charge in [-0.1, -0.05) is 31.5 Å². The van der Waals surface area contributed by atoms with Crippen LogP contribution in [0.3, 0.4) is 0 Å². The van der Waals surface area contributed by atoms with Gasteiger partial charge in [-0.15, -0.1) is 22.0 Å². The fourth-order valence-electron chi connectivity index (χ4n) is 6.45. The van der Waals surface area contributed by atoms with E-state index in [-0.39, 0.29) is 5.92 Å². The molecule has 3 aliphatic rings. The standard InChI is InChI=1S/C26H32N6OS/c1-16(20-15-27-21-9-2-7-19(25(20)21)23-11-5-13-34-23)14-24(33)32-12-4-8-17-18(6-3-10-22(17)32)26-28-30-31-29-26/h2,5,7,9,11,13,15-18,22,27,30-31H,3-4,6,8,10,12,14H2,1H3,(H,28,29). The second-order valence-electron chi connectivity index (χ2n) is 9.91. The first-order valence-electron chi connectivity index (χ1n) is 12.5. The molecule has 0 spiro atoms. The van der Waals surface area contributed by atoms with E-state index in [1.54, 1.807) is 11.3 Å². The second kappa shape index (κ2) is 9.07. The summed E-state index contributed by atoms with van der Waals surface area (Å²) in [6, 6.07) is 11.0. The van der Waals surface area contributed by atoms with E-state index in [9.17, 15) is 4.79 Å². The number of hydrogen-bond acceptors (Lipinski definition) is 6. The first-order valence-corrected chi connectivity index (χ1v) is 13.4. The van der Waals surface area contributed by atoms with E-state index in [0.717, 1.165) is 43.6 Å². The number of hydrazine groups is 2. The van der Waals surface area contributed by atoms with E-state index >= 15 is 0 Å². The molecule has 2 aliphatic heterocycles. The first-order chi connectivity index (χ1) is 16.7. The zero-order valence-corrected chi connectivity index (χ0v) is 20.3. The van der Waals surface area contributed by atoms with E-state index < -0.39 is 0 Å². The topological polar surface area (TPSA) is 84.6 Å². The van der Waals surface area contributed by atoms with Crippen molar-refractivity contribution >= 4 is 34.0 Å². The highest BCUT2D eigenvalue weighted by Gasteiger charge is 2.43. The van der Waals surface area contributed by atoms with Crippen molar-refractivity contribution in [3.8, 4) is 10.4 Å². The van der Waals surface area contributed by atoms with Crippen LogP contribution in [-0.4, -0.2) is 34.2 Å². The Hall–Kier alpha value is -2.84. The van der Waals surface area contributed by atoms with Gasteiger partial charge in [0.2, 0.25) is 5.91 Å². The molecule has 8 heteroatoms. The summed E-state index contributed by atoms with van der Waals surface area (Å²) in [7, 11) is 0. The first kappa shape index (κ1) is 21.7. The van der Waals surface area contributed by atoms with Crippen molar-refractivity contribution in [3.05, 3.63) is 47.5 Å². The summed E-state index contributed by atoms with van der Waals surface area (Å²) in [4.78, 5) is 20.6. The van der Waals surface area contributed by atoms with Crippen molar-refractivity contribution in [1.29, 1.82) is 0 Å². The van der Waals surface area contributed by atoms with Gasteiger partial charge < -0.3 is 9.88 Å². The van der Waals surface area contributed by atoms with Crippen molar-refractivity contribution < 1.29 is 4.79 Å². The normalized spacial score (nSPS) is 25.4. The highest BCUT2D eigenvalue weighted by atomic mass is 32.1. The summed E-state index contributed by atoms with van der Waals surface area (Å²) in [5.74, 6) is 2.31. The lowest BCUT2D eigenvalue weighted by atomic mass is 9.70. The van der Waals surface area contributed by atoms with Crippen molar-refractivity contribution in [3.63, 3.8) is 0 Å². The van der Waals surface area contributed by atoms with Crippen LogP contribution in [0.5, 0.6) is 0 Å².